The zero-order valence-electron chi connectivity index (χ0n) is 14.3. The first-order chi connectivity index (χ1) is 10.8. The minimum Gasteiger partial charge on any atom is -0.339 e. The molecule has 1 aromatic carbocycles. The molecule has 0 aromatic heterocycles. The molecular formula is C18H25N2O3. The maximum Gasteiger partial charge on any atom is 0.269 e. The summed E-state index contributed by atoms with van der Waals surface area (Å²) in [6.07, 6.45) is 4.24. The number of nitro benzene ring substituents is 1. The Morgan fingerprint density at radius 2 is 1.96 bits per heavy atom. The Bertz CT molecular complexity index is 602. The van der Waals surface area contributed by atoms with Gasteiger partial charge >= 0.3 is 0 Å². The van der Waals surface area contributed by atoms with Crippen molar-refractivity contribution in [3.05, 3.63) is 45.9 Å². The van der Waals surface area contributed by atoms with Gasteiger partial charge in [-0.25, -0.2) is 0 Å². The molecule has 1 radical (unpaired) electrons. The van der Waals surface area contributed by atoms with E-state index in [0.29, 0.717) is 17.0 Å². The normalized spacial score (nSPS) is 16.4. The molecule has 0 aliphatic carbocycles. The van der Waals surface area contributed by atoms with Gasteiger partial charge in [-0.2, -0.15) is 0 Å². The molecule has 5 heteroatoms. The number of benzene rings is 1. The van der Waals surface area contributed by atoms with Crippen LogP contribution in [0.25, 0.3) is 0 Å². The molecule has 1 heterocycles. The average Bonchev–Trinajstić information content (AvgIpc) is 2.54. The standard InChI is InChI=1S/C18H25N2O3/c1-5-18(3,4)14-8-10-19(11-9-14)17(21)16-7-6-15(20(22)23)12-13(16)2/h5-7,12,14H,8-11H2,1-4H3. The van der Waals surface area contributed by atoms with Crippen LogP contribution in [-0.2, 0) is 0 Å². The van der Waals surface area contributed by atoms with Gasteiger partial charge in [-0.05, 0) is 49.1 Å². The number of hydrogen-bond donors (Lipinski definition) is 0. The van der Waals surface area contributed by atoms with E-state index >= 15 is 0 Å². The SMILES string of the molecule is C[CH]C(C)(C)C1CCN(C(=O)c2ccc([N+](=O)[O-])cc2C)CC1. The second kappa shape index (κ2) is 6.69. The minimum absolute atomic E-state index is 0.0193. The van der Waals surface area contributed by atoms with Crippen LogP contribution in [0.4, 0.5) is 5.69 Å². The summed E-state index contributed by atoms with van der Waals surface area (Å²) in [5, 5.41) is 10.8. The van der Waals surface area contributed by atoms with Gasteiger partial charge in [-0.1, -0.05) is 20.8 Å². The molecule has 5 nitrogen and oxygen atoms in total. The van der Waals surface area contributed by atoms with E-state index in [9.17, 15) is 14.9 Å². The smallest absolute Gasteiger partial charge is 0.269 e. The summed E-state index contributed by atoms with van der Waals surface area (Å²) >= 11 is 0. The van der Waals surface area contributed by atoms with E-state index in [1.165, 1.54) is 12.1 Å². The first-order valence-electron chi connectivity index (χ1n) is 8.11. The summed E-state index contributed by atoms with van der Waals surface area (Å²) < 4.78 is 0. The van der Waals surface area contributed by atoms with Gasteiger partial charge in [-0.3, -0.25) is 14.9 Å². The molecule has 1 aliphatic rings. The van der Waals surface area contributed by atoms with Gasteiger partial charge in [0.1, 0.15) is 0 Å². The van der Waals surface area contributed by atoms with Gasteiger partial charge in [0.2, 0.25) is 0 Å². The average molecular weight is 317 g/mol. The third-order valence-corrected chi connectivity index (χ3v) is 5.23. The number of carbonyl (C=O) groups is 1. The van der Waals surface area contributed by atoms with E-state index in [1.807, 2.05) is 4.90 Å². The molecule has 2 rings (SSSR count). The predicted molar refractivity (Wildman–Crippen MR) is 90.2 cm³/mol. The minimum atomic E-state index is -0.434. The fourth-order valence-electron chi connectivity index (χ4n) is 3.23. The largest absolute Gasteiger partial charge is 0.339 e. The number of nitro groups is 1. The van der Waals surface area contributed by atoms with Crippen molar-refractivity contribution in [2.24, 2.45) is 11.3 Å². The number of likely N-dealkylation sites (tertiary alicyclic amines) is 1. The van der Waals surface area contributed by atoms with Crippen molar-refractivity contribution >= 4 is 11.6 Å². The summed E-state index contributed by atoms with van der Waals surface area (Å²) in [4.78, 5) is 24.9. The highest BCUT2D eigenvalue weighted by atomic mass is 16.6. The van der Waals surface area contributed by atoms with Crippen LogP contribution in [0.15, 0.2) is 18.2 Å². The van der Waals surface area contributed by atoms with Gasteiger partial charge in [0.25, 0.3) is 11.6 Å². The first kappa shape index (κ1) is 17.4. The van der Waals surface area contributed by atoms with Crippen molar-refractivity contribution in [3.63, 3.8) is 0 Å². The second-order valence-electron chi connectivity index (χ2n) is 6.93. The van der Waals surface area contributed by atoms with E-state index < -0.39 is 4.92 Å². The Morgan fingerprint density at radius 1 is 1.35 bits per heavy atom. The lowest BCUT2D eigenvalue weighted by molar-refractivity contribution is -0.384. The van der Waals surface area contributed by atoms with E-state index in [-0.39, 0.29) is 17.0 Å². The maximum atomic E-state index is 12.7. The van der Waals surface area contributed by atoms with Crippen LogP contribution >= 0.6 is 0 Å². The molecule has 23 heavy (non-hydrogen) atoms. The van der Waals surface area contributed by atoms with Crippen LogP contribution in [0.1, 0.15) is 49.5 Å². The molecule has 0 N–H and O–H groups in total. The van der Waals surface area contributed by atoms with E-state index in [1.54, 1.807) is 13.0 Å². The topological polar surface area (TPSA) is 63.5 Å². The number of non-ortho nitro benzene ring substituents is 1. The number of rotatable bonds is 4. The molecule has 1 aliphatic heterocycles. The summed E-state index contributed by atoms with van der Waals surface area (Å²) in [7, 11) is 0. The van der Waals surface area contributed by atoms with Crippen LogP contribution in [0.2, 0.25) is 0 Å². The van der Waals surface area contributed by atoms with Crippen molar-refractivity contribution in [1.82, 2.24) is 4.90 Å². The molecular weight excluding hydrogens is 292 g/mol. The second-order valence-corrected chi connectivity index (χ2v) is 6.93. The van der Waals surface area contributed by atoms with Crippen molar-refractivity contribution < 1.29 is 9.72 Å². The molecule has 0 spiro atoms. The Labute approximate surface area is 137 Å². The molecule has 1 fully saturated rings. The molecule has 0 saturated carbocycles. The number of piperidine rings is 1. The molecule has 0 unspecified atom stereocenters. The number of amides is 1. The number of carbonyl (C=O) groups excluding carboxylic acids is 1. The summed E-state index contributed by atoms with van der Waals surface area (Å²) in [5.41, 5.74) is 1.44. The fraction of sp³-hybridized carbons (Fsp3) is 0.556. The monoisotopic (exact) mass is 317 g/mol. The summed E-state index contributed by atoms with van der Waals surface area (Å²) in [6.45, 7) is 9.83. The lowest BCUT2D eigenvalue weighted by Crippen LogP contribution is -2.42. The zero-order chi connectivity index (χ0) is 17.2. The van der Waals surface area contributed by atoms with E-state index in [4.69, 9.17) is 0 Å². The Morgan fingerprint density at radius 3 is 2.43 bits per heavy atom. The zero-order valence-corrected chi connectivity index (χ0v) is 14.3. The number of aryl methyl sites for hydroxylation is 1. The number of nitrogens with zero attached hydrogens (tertiary/aromatic N) is 2. The molecule has 1 amide bonds. The predicted octanol–water partition coefficient (Wildman–Crippen LogP) is 4.01. The highest BCUT2D eigenvalue weighted by Gasteiger charge is 2.33. The highest BCUT2D eigenvalue weighted by Crippen LogP contribution is 2.37. The molecule has 125 valence electrons. The summed E-state index contributed by atoms with van der Waals surface area (Å²) in [6, 6.07) is 4.45. The molecule has 0 atom stereocenters. The van der Waals surface area contributed by atoms with Crippen molar-refractivity contribution in [1.29, 1.82) is 0 Å². The quantitative estimate of drug-likeness (QED) is 0.622. The van der Waals surface area contributed by atoms with Crippen molar-refractivity contribution in [2.75, 3.05) is 13.1 Å². The van der Waals surface area contributed by atoms with Crippen LogP contribution in [0.5, 0.6) is 0 Å². The fourth-order valence-corrected chi connectivity index (χ4v) is 3.23. The van der Waals surface area contributed by atoms with Crippen LogP contribution in [0.3, 0.4) is 0 Å². The highest BCUT2D eigenvalue weighted by molar-refractivity contribution is 5.96. The third-order valence-electron chi connectivity index (χ3n) is 5.23. The Balaban J connectivity index is 2.07. The lowest BCUT2D eigenvalue weighted by atomic mass is 9.72. The Kier molecular flexibility index (Phi) is 5.07. The lowest BCUT2D eigenvalue weighted by Gasteiger charge is -2.40. The molecule has 1 saturated heterocycles. The molecule has 1 aromatic rings. The van der Waals surface area contributed by atoms with E-state index in [0.717, 1.165) is 25.9 Å². The first-order valence-corrected chi connectivity index (χ1v) is 8.11. The number of hydrogen-bond acceptors (Lipinski definition) is 3. The maximum absolute atomic E-state index is 12.7. The Hall–Kier alpha value is -1.91. The van der Waals surface area contributed by atoms with Crippen molar-refractivity contribution in [2.45, 2.75) is 40.5 Å². The van der Waals surface area contributed by atoms with Crippen LogP contribution in [-0.4, -0.2) is 28.8 Å². The van der Waals surface area contributed by atoms with Gasteiger partial charge in [0.15, 0.2) is 0 Å². The van der Waals surface area contributed by atoms with Gasteiger partial charge in [-0.15, -0.1) is 0 Å². The van der Waals surface area contributed by atoms with Crippen LogP contribution < -0.4 is 0 Å². The van der Waals surface area contributed by atoms with Gasteiger partial charge in [0.05, 0.1) is 4.92 Å². The van der Waals surface area contributed by atoms with Crippen LogP contribution in [0, 0.1) is 34.8 Å². The van der Waals surface area contributed by atoms with Gasteiger partial charge in [0, 0.05) is 30.8 Å². The van der Waals surface area contributed by atoms with Crippen molar-refractivity contribution in [3.8, 4) is 0 Å². The molecule has 0 bridgehead atoms. The summed E-state index contributed by atoms with van der Waals surface area (Å²) in [5.74, 6) is 0.573. The third kappa shape index (κ3) is 3.71. The van der Waals surface area contributed by atoms with Gasteiger partial charge < -0.3 is 4.90 Å². The van der Waals surface area contributed by atoms with E-state index in [2.05, 4.69) is 27.2 Å².